The van der Waals surface area contributed by atoms with E-state index in [9.17, 15) is 14.7 Å². The maximum absolute atomic E-state index is 12.5. The second kappa shape index (κ2) is 5.99. The molecule has 0 spiro atoms. The first kappa shape index (κ1) is 15.1. The quantitative estimate of drug-likeness (QED) is 0.797. The topological polar surface area (TPSA) is 81.1 Å². The molecule has 2 rings (SSSR count). The van der Waals surface area contributed by atoms with Crippen LogP contribution in [0, 0.1) is 5.92 Å². The molecule has 2 atom stereocenters. The van der Waals surface area contributed by atoms with Gasteiger partial charge in [0.1, 0.15) is 0 Å². The van der Waals surface area contributed by atoms with Crippen molar-refractivity contribution in [3.8, 4) is 0 Å². The van der Waals surface area contributed by atoms with E-state index in [2.05, 4.69) is 0 Å². The molecule has 2 aliphatic heterocycles. The van der Waals surface area contributed by atoms with Gasteiger partial charge >= 0.3 is 12.0 Å². The molecular weight excluding hydrogens is 260 g/mol. The molecule has 0 bridgehead atoms. The first-order valence-electron chi connectivity index (χ1n) is 7.35. The summed E-state index contributed by atoms with van der Waals surface area (Å²) in [4.78, 5) is 26.7. The van der Waals surface area contributed by atoms with Crippen LogP contribution in [0.3, 0.4) is 0 Å². The van der Waals surface area contributed by atoms with E-state index in [-0.39, 0.29) is 18.4 Å². The number of aliphatic carboxylic acids is 1. The molecular formula is C14H24N2O4. The zero-order valence-corrected chi connectivity index (χ0v) is 12.0. The smallest absolute Gasteiger partial charge is 0.320 e. The van der Waals surface area contributed by atoms with Crippen LogP contribution in [0.4, 0.5) is 4.79 Å². The van der Waals surface area contributed by atoms with E-state index in [4.69, 9.17) is 5.11 Å². The summed E-state index contributed by atoms with van der Waals surface area (Å²) < 4.78 is 0. The average molecular weight is 284 g/mol. The van der Waals surface area contributed by atoms with Crippen molar-refractivity contribution in [2.45, 2.75) is 44.6 Å². The minimum absolute atomic E-state index is 0.0514. The highest BCUT2D eigenvalue weighted by Crippen LogP contribution is 2.24. The molecule has 114 valence electrons. The Labute approximate surface area is 119 Å². The zero-order valence-electron chi connectivity index (χ0n) is 12.0. The fourth-order valence-electron chi connectivity index (χ4n) is 3.24. The van der Waals surface area contributed by atoms with Crippen LogP contribution in [0.25, 0.3) is 0 Å². The summed E-state index contributed by atoms with van der Waals surface area (Å²) in [6.45, 7) is 4.01. The normalized spacial score (nSPS) is 31.2. The Morgan fingerprint density at radius 3 is 2.60 bits per heavy atom. The number of carboxylic acids is 1. The maximum atomic E-state index is 12.5. The third-order valence-electron chi connectivity index (χ3n) is 4.20. The highest BCUT2D eigenvalue weighted by Gasteiger charge is 2.34. The summed E-state index contributed by atoms with van der Waals surface area (Å²) in [7, 11) is 0. The highest BCUT2D eigenvalue weighted by atomic mass is 16.4. The van der Waals surface area contributed by atoms with Gasteiger partial charge in [0.15, 0.2) is 0 Å². The molecule has 0 aromatic heterocycles. The van der Waals surface area contributed by atoms with Gasteiger partial charge in [-0.1, -0.05) is 0 Å². The molecule has 2 saturated heterocycles. The predicted octanol–water partition coefficient (Wildman–Crippen LogP) is 1.14. The van der Waals surface area contributed by atoms with Gasteiger partial charge in [-0.15, -0.1) is 0 Å². The summed E-state index contributed by atoms with van der Waals surface area (Å²) in [5.41, 5.74) is -0.801. The Morgan fingerprint density at radius 2 is 1.95 bits per heavy atom. The van der Waals surface area contributed by atoms with Gasteiger partial charge in [-0.25, -0.2) is 4.79 Å². The lowest BCUT2D eigenvalue weighted by atomic mass is 9.94. The molecule has 0 aliphatic carbocycles. The SMILES string of the molecule is CC1(O)CCCN(C(=O)N2CCCC(CC(=O)O)C2)C1. The van der Waals surface area contributed by atoms with Crippen molar-refractivity contribution in [1.29, 1.82) is 0 Å². The number of carbonyl (C=O) groups excluding carboxylic acids is 1. The van der Waals surface area contributed by atoms with E-state index in [1.807, 2.05) is 0 Å². The number of aliphatic hydroxyl groups is 1. The van der Waals surface area contributed by atoms with Gasteiger partial charge < -0.3 is 20.0 Å². The molecule has 0 aromatic carbocycles. The summed E-state index contributed by atoms with van der Waals surface area (Å²) in [6, 6.07) is -0.0555. The van der Waals surface area contributed by atoms with Gasteiger partial charge in [-0.3, -0.25) is 4.79 Å². The lowest BCUT2D eigenvalue weighted by molar-refractivity contribution is -0.138. The number of likely N-dealkylation sites (tertiary alicyclic amines) is 2. The van der Waals surface area contributed by atoms with Gasteiger partial charge in [0, 0.05) is 26.1 Å². The molecule has 0 radical (unpaired) electrons. The fourth-order valence-corrected chi connectivity index (χ4v) is 3.24. The molecule has 2 aliphatic rings. The minimum Gasteiger partial charge on any atom is -0.481 e. The first-order chi connectivity index (χ1) is 9.37. The van der Waals surface area contributed by atoms with Crippen LogP contribution < -0.4 is 0 Å². The van der Waals surface area contributed by atoms with Gasteiger partial charge in [0.2, 0.25) is 0 Å². The Hall–Kier alpha value is -1.30. The van der Waals surface area contributed by atoms with Crippen LogP contribution in [0.1, 0.15) is 39.0 Å². The van der Waals surface area contributed by atoms with Crippen molar-refractivity contribution in [2.75, 3.05) is 26.2 Å². The fraction of sp³-hybridized carbons (Fsp3) is 0.857. The standard InChI is InChI=1S/C14H24N2O4/c1-14(20)5-3-7-16(10-14)13(19)15-6-2-4-11(9-15)8-12(17)18/h11,20H,2-10H2,1H3,(H,17,18). The number of hydrogen-bond donors (Lipinski definition) is 2. The molecule has 6 nitrogen and oxygen atoms in total. The van der Waals surface area contributed by atoms with E-state index in [1.54, 1.807) is 16.7 Å². The third-order valence-corrected chi connectivity index (χ3v) is 4.20. The van der Waals surface area contributed by atoms with Crippen LogP contribution in [-0.4, -0.2) is 63.8 Å². The van der Waals surface area contributed by atoms with Crippen LogP contribution >= 0.6 is 0 Å². The number of carbonyl (C=O) groups is 2. The number of β-amino-alcohol motifs (C(OH)–C–C–N with tert-alkyl or cyclic N) is 1. The number of amides is 2. The molecule has 2 unspecified atom stereocenters. The molecule has 2 N–H and O–H groups in total. The van der Waals surface area contributed by atoms with Crippen molar-refractivity contribution in [3.63, 3.8) is 0 Å². The number of hydrogen-bond acceptors (Lipinski definition) is 3. The van der Waals surface area contributed by atoms with E-state index in [1.165, 1.54) is 0 Å². The third kappa shape index (κ3) is 3.85. The van der Waals surface area contributed by atoms with Crippen molar-refractivity contribution >= 4 is 12.0 Å². The highest BCUT2D eigenvalue weighted by molar-refractivity contribution is 5.75. The maximum Gasteiger partial charge on any atom is 0.320 e. The van der Waals surface area contributed by atoms with Gasteiger partial charge in [0.05, 0.1) is 12.1 Å². The van der Waals surface area contributed by atoms with Crippen molar-refractivity contribution in [3.05, 3.63) is 0 Å². The summed E-state index contributed by atoms with van der Waals surface area (Å²) in [6.07, 6.45) is 3.38. The second-order valence-corrected chi connectivity index (χ2v) is 6.36. The van der Waals surface area contributed by atoms with E-state index >= 15 is 0 Å². The molecule has 20 heavy (non-hydrogen) atoms. The number of nitrogens with zero attached hydrogens (tertiary/aromatic N) is 2. The Balaban J connectivity index is 1.93. The van der Waals surface area contributed by atoms with Crippen molar-refractivity contribution < 1.29 is 19.8 Å². The summed E-state index contributed by atoms with van der Waals surface area (Å²) >= 11 is 0. The van der Waals surface area contributed by atoms with Crippen molar-refractivity contribution in [2.24, 2.45) is 5.92 Å². The Kier molecular flexibility index (Phi) is 4.52. The average Bonchev–Trinajstić information content (AvgIpc) is 2.36. The lowest BCUT2D eigenvalue weighted by Crippen LogP contribution is -2.54. The number of urea groups is 1. The molecule has 0 saturated carbocycles. The first-order valence-corrected chi connectivity index (χ1v) is 7.35. The molecule has 6 heteroatoms. The predicted molar refractivity (Wildman–Crippen MR) is 73.4 cm³/mol. The van der Waals surface area contributed by atoms with Gasteiger partial charge in [-0.05, 0) is 38.5 Å². The zero-order chi connectivity index (χ0) is 14.8. The number of piperidine rings is 2. The Bertz CT molecular complexity index is 383. The second-order valence-electron chi connectivity index (χ2n) is 6.36. The number of rotatable bonds is 2. The Morgan fingerprint density at radius 1 is 1.25 bits per heavy atom. The van der Waals surface area contributed by atoms with Crippen LogP contribution in [0.15, 0.2) is 0 Å². The summed E-state index contributed by atoms with van der Waals surface area (Å²) in [5.74, 6) is -0.749. The molecule has 2 heterocycles. The van der Waals surface area contributed by atoms with E-state index < -0.39 is 11.6 Å². The van der Waals surface area contributed by atoms with Crippen LogP contribution in [0.5, 0.6) is 0 Å². The van der Waals surface area contributed by atoms with Gasteiger partial charge in [0.25, 0.3) is 0 Å². The monoisotopic (exact) mass is 284 g/mol. The molecule has 2 amide bonds. The molecule has 0 aromatic rings. The van der Waals surface area contributed by atoms with Crippen molar-refractivity contribution in [1.82, 2.24) is 9.80 Å². The largest absolute Gasteiger partial charge is 0.481 e. The number of carboxylic acid groups (broad SMARTS) is 1. The minimum atomic E-state index is -0.801. The summed E-state index contributed by atoms with van der Waals surface area (Å²) in [5, 5.41) is 18.9. The van der Waals surface area contributed by atoms with Gasteiger partial charge in [-0.2, -0.15) is 0 Å². The van der Waals surface area contributed by atoms with E-state index in [0.29, 0.717) is 26.2 Å². The molecule has 2 fully saturated rings. The van der Waals surface area contributed by atoms with Crippen LogP contribution in [0.2, 0.25) is 0 Å². The van der Waals surface area contributed by atoms with Crippen LogP contribution in [-0.2, 0) is 4.79 Å². The lowest BCUT2D eigenvalue weighted by Gasteiger charge is -2.41. The van der Waals surface area contributed by atoms with E-state index in [0.717, 1.165) is 25.7 Å².